The Morgan fingerprint density at radius 1 is 1.42 bits per heavy atom. The number of likely N-dealkylation sites (tertiary alicyclic amines) is 1. The van der Waals surface area contributed by atoms with Gasteiger partial charge in [0.2, 0.25) is 0 Å². The van der Waals surface area contributed by atoms with Crippen molar-refractivity contribution in [3.05, 3.63) is 35.1 Å². The predicted molar refractivity (Wildman–Crippen MR) is 74.1 cm³/mol. The number of piperidine rings is 1. The lowest BCUT2D eigenvalue weighted by Gasteiger charge is -2.33. The molecule has 19 heavy (non-hydrogen) atoms. The molecule has 1 aliphatic rings. The summed E-state index contributed by atoms with van der Waals surface area (Å²) in [5.41, 5.74) is 1.72. The Balaban J connectivity index is 2.18. The molecule has 0 aliphatic carbocycles. The molecule has 0 amide bonds. The van der Waals surface area contributed by atoms with Crippen LogP contribution in [0.1, 0.15) is 37.3 Å². The van der Waals surface area contributed by atoms with Crippen molar-refractivity contribution >= 4 is 0 Å². The highest BCUT2D eigenvalue weighted by Crippen LogP contribution is 2.21. The number of hydrogen-bond acceptors (Lipinski definition) is 2. The average Bonchev–Trinajstić information content (AvgIpc) is 2.41. The second-order valence-corrected chi connectivity index (χ2v) is 5.08. The van der Waals surface area contributed by atoms with E-state index in [9.17, 15) is 4.39 Å². The van der Waals surface area contributed by atoms with Gasteiger partial charge in [-0.2, -0.15) is 0 Å². The van der Waals surface area contributed by atoms with Crippen LogP contribution in [0.5, 0.6) is 0 Å². The van der Waals surface area contributed by atoms with E-state index in [-0.39, 0.29) is 12.4 Å². The summed E-state index contributed by atoms with van der Waals surface area (Å²) in [5, 5.41) is 8.77. The van der Waals surface area contributed by atoms with Gasteiger partial charge in [0.25, 0.3) is 0 Å². The largest absolute Gasteiger partial charge is 0.384 e. The Bertz CT molecular complexity index is 489. The van der Waals surface area contributed by atoms with E-state index >= 15 is 0 Å². The van der Waals surface area contributed by atoms with Gasteiger partial charge in [-0.15, -0.1) is 0 Å². The van der Waals surface area contributed by atoms with E-state index in [2.05, 4.69) is 23.7 Å². The Labute approximate surface area is 114 Å². The number of benzene rings is 1. The first-order valence-electron chi connectivity index (χ1n) is 6.83. The fraction of sp³-hybridized carbons (Fsp3) is 0.500. The zero-order chi connectivity index (χ0) is 13.7. The minimum atomic E-state index is -0.280. The fourth-order valence-corrected chi connectivity index (χ4v) is 2.55. The molecule has 1 atom stereocenters. The zero-order valence-electron chi connectivity index (χ0n) is 11.3. The quantitative estimate of drug-likeness (QED) is 0.827. The molecule has 1 saturated heterocycles. The normalized spacial score (nSPS) is 19.8. The Kier molecular flexibility index (Phi) is 4.95. The minimum Gasteiger partial charge on any atom is -0.384 e. The number of nitrogens with zero attached hydrogens (tertiary/aromatic N) is 1. The van der Waals surface area contributed by atoms with Crippen LogP contribution in [-0.2, 0) is 6.54 Å². The Morgan fingerprint density at radius 3 is 3.00 bits per heavy atom. The van der Waals surface area contributed by atoms with Gasteiger partial charge in [0, 0.05) is 18.2 Å². The lowest BCUT2D eigenvalue weighted by atomic mass is 10.0. The molecule has 0 saturated carbocycles. The maximum Gasteiger partial charge on any atom is 0.124 e. The van der Waals surface area contributed by atoms with Crippen LogP contribution in [0.3, 0.4) is 0 Å². The molecule has 1 aliphatic heterocycles. The summed E-state index contributed by atoms with van der Waals surface area (Å²) in [5.74, 6) is 5.16. The van der Waals surface area contributed by atoms with Gasteiger partial charge >= 0.3 is 0 Å². The van der Waals surface area contributed by atoms with E-state index in [1.807, 2.05) is 0 Å². The molecule has 0 aromatic heterocycles. The molecule has 102 valence electrons. The van der Waals surface area contributed by atoms with Crippen LogP contribution in [0.15, 0.2) is 18.2 Å². The maximum atomic E-state index is 13.3. The molecule has 1 N–H and O–H groups in total. The molecule has 1 aromatic carbocycles. The highest BCUT2D eigenvalue weighted by atomic mass is 19.1. The van der Waals surface area contributed by atoms with Crippen molar-refractivity contribution in [3.63, 3.8) is 0 Å². The summed E-state index contributed by atoms with van der Waals surface area (Å²) < 4.78 is 13.3. The van der Waals surface area contributed by atoms with Crippen molar-refractivity contribution in [3.8, 4) is 11.8 Å². The molecular weight excluding hydrogens is 241 g/mol. The topological polar surface area (TPSA) is 23.5 Å². The summed E-state index contributed by atoms with van der Waals surface area (Å²) in [6.45, 7) is 3.93. The van der Waals surface area contributed by atoms with Crippen LogP contribution in [0.4, 0.5) is 4.39 Å². The van der Waals surface area contributed by atoms with Crippen molar-refractivity contribution in [2.24, 2.45) is 0 Å². The van der Waals surface area contributed by atoms with Crippen molar-refractivity contribution in [1.82, 2.24) is 4.90 Å². The number of halogens is 1. The van der Waals surface area contributed by atoms with Gasteiger partial charge in [-0.25, -0.2) is 4.39 Å². The highest BCUT2D eigenvalue weighted by molar-refractivity contribution is 5.41. The molecule has 0 spiro atoms. The monoisotopic (exact) mass is 261 g/mol. The first-order valence-corrected chi connectivity index (χ1v) is 6.83. The van der Waals surface area contributed by atoms with E-state index in [1.54, 1.807) is 6.07 Å². The van der Waals surface area contributed by atoms with Gasteiger partial charge in [0.15, 0.2) is 0 Å². The summed E-state index contributed by atoms with van der Waals surface area (Å²) in [4.78, 5) is 2.42. The summed E-state index contributed by atoms with van der Waals surface area (Å²) in [7, 11) is 0. The van der Waals surface area contributed by atoms with Crippen molar-refractivity contribution < 1.29 is 9.50 Å². The van der Waals surface area contributed by atoms with Gasteiger partial charge in [-0.1, -0.05) is 24.3 Å². The van der Waals surface area contributed by atoms with Crippen molar-refractivity contribution in [1.29, 1.82) is 0 Å². The van der Waals surface area contributed by atoms with Crippen LogP contribution < -0.4 is 0 Å². The molecular formula is C16H20FNO. The van der Waals surface area contributed by atoms with E-state index in [1.165, 1.54) is 31.4 Å². The van der Waals surface area contributed by atoms with Gasteiger partial charge in [0.1, 0.15) is 12.4 Å². The number of aliphatic hydroxyl groups is 1. The third-order valence-electron chi connectivity index (χ3n) is 3.69. The maximum absolute atomic E-state index is 13.3. The van der Waals surface area contributed by atoms with E-state index in [0.717, 1.165) is 18.7 Å². The Morgan fingerprint density at radius 2 is 2.26 bits per heavy atom. The van der Waals surface area contributed by atoms with Crippen molar-refractivity contribution in [2.75, 3.05) is 13.2 Å². The third kappa shape index (κ3) is 3.79. The molecule has 0 bridgehead atoms. The Hall–Kier alpha value is -1.37. The van der Waals surface area contributed by atoms with Crippen LogP contribution >= 0.6 is 0 Å². The predicted octanol–water partition coefficient (Wildman–Crippen LogP) is 2.54. The molecule has 1 fully saturated rings. The van der Waals surface area contributed by atoms with Gasteiger partial charge in [-0.3, -0.25) is 4.90 Å². The number of hydrogen-bond donors (Lipinski definition) is 1. The summed E-state index contributed by atoms with van der Waals surface area (Å²) >= 11 is 0. The first kappa shape index (κ1) is 14.0. The van der Waals surface area contributed by atoms with Crippen LogP contribution in [0.2, 0.25) is 0 Å². The smallest absolute Gasteiger partial charge is 0.124 e. The fourth-order valence-electron chi connectivity index (χ4n) is 2.55. The summed E-state index contributed by atoms with van der Waals surface area (Å²) in [6.07, 6.45) is 3.74. The molecule has 1 unspecified atom stereocenters. The highest BCUT2D eigenvalue weighted by Gasteiger charge is 2.19. The molecule has 2 rings (SSSR count). The van der Waals surface area contributed by atoms with Crippen molar-refractivity contribution in [2.45, 2.75) is 38.8 Å². The van der Waals surface area contributed by atoms with E-state index in [4.69, 9.17) is 5.11 Å². The number of aliphatic hydroxyl groups excluding tert-OH is 1. The third-order valence-corrected chi connectivity index (χ3v) is 3.69. The number of rotatable bonds is 2. The minimum absolute atomic E-state index is 0.198. The van der Waals surface area contributed by atoms with E-state index in [0.29, 0.717) is 11.6 Å². The molecule has 1 aromatic rings. The SMILES string of the molecule is CC1CCCCN1Cc1ccc(F)cc1C#CCO. The molecule has 2 nitrogen and oxygen atoms in total. The van der Waals surface area contributed by atoms with Crippen LogP contribution in [0, 0.1) is 17.7 Å². The average molecular weight is 261 g/mol. The van der Waals surface area contributed by atoms with E-state index < -0.39 is 0 Å². The van der Waals surface area contributed by atoms with Gasteiger partial charge < -0.3 is 5.11 Å². The standard InChI is InChI=1S/C16H20FNO/c1-13-5-2-3-9-18(13)12-15-7-8-16(17)11-14(15)6-4-10-19/h7-8,11,13,19H,2-3,5,9-10,12H2,1H3. The zero-order valence-corrected chi connectivity index (χ0v) is 11.3. The lowest BCUT2D eigenvalue weighted by molar-refractivity contribution is 0.152. The van der Waals surface area contributed by atoms with Gasteiger partial charge in [0.05, 0.1) is 0 Å². The lowest BCUT2D eigenvalue weighted by Crippen LogP contribution is -2.36. The van der Waals surface area contributed by atoms with Crippen LogP contribution in [0.25, 0.3) is 0 Å². The second kappa shape index (κ2) is 6.70. The first-order chi connectivity index (χ1) is 9.20. The molecule has 1 heterocycles. The van der Waals surface area contributed by atoms with Crippen LogP contribution in [-0.4, -0.2) is 29.2 Å². The summed E-state index contributed by atoms with van der Waals surface area (Å²) in [6, 6.07) is 5.30. The molecule has 3 heteroatoms. The van der Waals surface area contributed by atoms with Gasteiger partial charge in [-0.05, 0) is 44.0 Å². The second-order valence-electron chi connectivity index (χ2n) is 5.08. The molecule has 0 radical (unpaired) electrons.